The van der Waals surface area contributed by atoms with Gasteiger partial charge >= 0.3 is 0 Å². The molecule has 0 fully saturated rings. The molecule has 1 nitrogen and oxygen atoms in total. The van der Waals surface area contributed by atoms with Gasteiger partial charge in [-0.15, -0.1) is 0 Å². The van der Waals surface area contributed by atoms with Crippen molar-refractivity contribution in [3.8, 4) is 0 Å². The third kappa shape index (κ3) is 5.54. The Kier molecular flexibility index (Phi) is 3.46. The molecule has 0 aromatic carbocycles. The van der Waals surface area contributed by atoms with Crippen LogP contribution in [0.4, 0.5) is 0 Å². The van der Waals surface area contributed by atoms with Crippen molar-refractivity contribution >= 4 is 56.2 Å². The summed E-state index contributed by atoms with van der Waals surface area (Å²) in [5.74, 6) is 0. The lowest BCUT2D eigenvalue weighted by Crippen LogP contribution is -1.78. The lowest BCUT2D eigenvalue weighted by Gasteiger charge is -1.93. The maximum absolute atomic E-state index is 9.78. The van der Waals surface area contributed by atoms with Gasteiger partial charge in [-0.1, -0.05) is 0 Å². The van der Waals surface area contributed by atoms with Crippen LogP contribution >= 0.6 is 56.2 Å². The van der Waals surface area contributed by atoms with Gasteiger partial charge in [0.15, 0.2) is 8.46 Å². The molecule has 0 atom stereocenters. The summed E-state index contributed by atoms with van der Waals surface area (Å²) in [7, 11) is -0.0255. The zero-order valence-corrected chi connectivity index (χ0v) is 8.14. The first-order valence-corrected chi connectivity index (χ1v) is 4.16. The number of halogens is 3. The van der Waals surface area contributed by atoms with Crippen LogP contribution in [0.15, 0.2) is 0 Å². The van der Waals surface area contributed by atoms with E-state index in [0.29, 0.717) is 0 Å². The van der Waals surface area contributed by atoms with E-state index in [2.05, 4.69) is 47.8 Å². The molecule has 0 aliphatic heterocycles. The predicted octanol–water partition coefficient (Wildman–Crippen LogP) is 3.07. The van der Waals surface area contributed by atoms with Crippen LogP contribution in [0.1, 0.15) is 0 Å². The van der Waals surface area contributed by atoms with Gasteiger partial charge in [0.2, 0.25) is 1.88 Å². The largest absolute Gasteiger partial charge is 0.272 e. The van der Waals surface area contributed by atoms with E-state index in [4.69, 9.17) is 0 Å². The van der Waals surface area contributed by atoms with Crippen LogP contribution in [-0.4, -0.2) is 1.88 Å². The predicted molar refractivity (Wildman–Crippen MR) is 37.1 cm³/mol. The lowest BCUT2D eigenvalue weighted by molar-refractivity contribution is 0.600. The van der Waals surface area contributed by atoms with Crippen molar-refractivity contribution in [1.82, 2.24) is 0 Å². The molecule has 0 bridgehead atoms. The maximum Gasteiger partial charge on any atom is 0.213 e. The Bertz CT molecular complexity index is 56.3. The van der Waals surface area contributed by atoms with Gasteiger partial charge in [-0.25, -0.2) is 0 Å². The van der Waals surface area contributed by atoms with Crippen molar-refractivity contribution in [2.24, 2.45) is 0 Å². The Balaban J connectivity index is 3.45. The summed E-state index contributed by atoms with van der Waals surface area (Å²) in [5, 5.41) is 0. The minimum absolute atomic E-state index is 0.0255. The van der Waals surface area contributed by atoms with Crippen molar-refractivity contribution in [2.45, 2.75) is 1.88 Å². The fraction of sp³-hybridized carbons (Fsp3) is 1.00. The van der Waals surface area contributed by atoms with Gasteiger partial charge in [0.1, 0.15) is 0 Å². The van der Waals surface area contributed by atoms with Crippen LogP contribution in [-0.2, 0) is 4.57 Å². The third-order valence-electron chi connectivity index (χ3n) is 0.104. The second-order valence-electron chi connectivity index (χ2n) is 0.559. The highest BCUT2D eigenvalue weighted by molar-refractivity contribution is 9.41. The molecule has 0 aliphatic rings. The fourth-order valence-corrected chi connectivity index (χ4v) is 0. The number of rotatable bonds is 0. The Labute approximate surface area is 62.5 Å². The number of alkyl halides is 3. The zero-order valence-electron chi connectivity index (χ0n) is 2.49. The smallest absolute Gasteiger partial charge is 0.213 e. The highest BCUT2D eigenvalue weighted by Gasteiger charge is 2.15. The Morgan fingerprint density at radius 1 is 1.33 bits per heavy atom. The van der Waals surface area contributed by atoms with E-state index in [0.717, 1.165) is 0 Å². The summed E-state index contributed by atoms with van der Waals surface area (Å²) in [6.07, 6.45) is 0. The molecule has 0 heterocycles. The highest BCUT2D eigenvalue weighted by atomic mass is 80.0. The van der Waals surface area contributed by atoms with Crippen LogP contribution in [0.25, 0.3) is 0 Å². The molecule has 0 rings (SSSR count). The van der Waals surface area contributed by atoms with E-state index >= 15 is 0 Å². The Hall–Kier alpha value is 1.54. The molecule has 0 saturated heterocycles. The monoisotopic (exact) mass is 296 g/mol. The molecule has 6 heavy (non-hydrogen) atoms. The van der Waals surface area contributed by atoms with E-state index in [9.17, 15) is 4.57 Å². The minimum atomic E-state index is -0.604. The molecule has 0 amide bonds. The zero-order chi connectivity index (χ0) is 5.21. The Morgan fingerprint density at radius 3 is 1.50 bits per heavy atom. The molecule has 0 aliphatic carbocycles. The summed E-state index contributed by atoms with van der Waals surface area (Å²) in [4.78, 5) is 0. The summed E-state index contributed by atoms with van der Waals surface area (Å²) in [6.45, 7) is 0. The van der Waals surface area contributed by atoms with Gasteiger partial charge in [0.05, 0.1) is 0 Å². The van der Waals surface area contributed by atoms with Crippen LogP contribution in [0, 0.1) is 0 Å². The third-order valence-corrected chi connectivity index (χ3v) is 1.61. The highest BCUT2D eigenvalue weighted by Crippen LogP contribution is 2.43. The summed E-state index contributed by atoms with van der Waals surface area (Å²) in [5.41, 5.74) is 0. The van der Waals surface area contributed by atoms with Crippen LogP contribution in [0.2, 0.25) is 0 Å². The standard InChI is InChI=1S/CBr3OP/c2-1(3,4)6-5. The second-order valence-corrected chi connectivity index (χ2v) is 10.0. The average Bonchev–Trinajstić information content (AvgIpc) is 1.35. The first kappa shape index (κ1) is 7.54. The van der Waals surface area contributed by atoms with Crippen LogP contribution in [0.5, 0.6) is 0 Å². The van der Waals surface area contributed by atoms with Gasteiger partial charge in [-0.3, -0.25) is 4.57 Å². The lowest BCUT2D eigenvalue weighted by atomic mass is 11.9. The second kappa shape index (κ2) is 2.75. The molecule has 0 unspecified atom stereocenters. The molecular weight excluding hydrogens is 299 g/mol. The first-order valence-electron chi connectivity index (χ1n) is 0.973. The molecular formula is CBr3OP. The molecule has 0 spiro atoms. The number of hydrogen-bond acceptors (Lipinski definition) is 1. The van der Waals surface area contributed by atoms with E-state index in [1.807, 2.05) is 0 Å². The number of hydrogen-bond donors (Lipinski definition) is 0. The van der Waals surface area contributed by atoms with E-state index in [1.54, 1.807) is 0 Å². The fourth-order valence-electron chi connectivity index (χ4n) is 0. The van der Waals surface area contributed by atoms with Crippen molar-refractivity contribution in [3.05, 3.63) is 0 Å². The van der Waals surface area contributed by atoms with Crippen LogP contribution in [0.3, 0.4) is 0 Å². The molecule has 0 N–H and O–H groups in total. The molecule has 0 saturated carbocycles. The molecule has 0 radical (unpaired) electrons. The average molecular weight is 299 g/mol. The normalized spacial score (nSPS) is 12.5. The molecule has 0 aromatic rings. The SMILES string of the molecule is O=PC(Br)(Br)Br. The summed E-state index contributed by atoms with van der Waals surface area (Å²) < 4.78 is 9.18. The minimum Gasteiger partial charge on any atom is -0.272 e. The van der Waals surface area contributed by atoms with Gasteiger partial charge in [0.25, 0.3) is 0 Å². The Morgan fingerprint density at radius 2 is 1.50 bits per heavy atom. The van der Waals surface area contributed by atoms with Gasteiger partial charge in [-0.2, -0.15) is 0 Å². The molecule has 36 valence electrons. The van der Waals surface area contributed by atoms with Crippen LogP contribution < -0.4 is 0 Å². The van der Waals surface area contributed by atoms with Gasteiger partial charge < -0.3 is 0 Å². The maximum atomic E-state index is 9.78. The first-order chi connectivity index (χ1) is 2.56. The van der Waals surface area contributed by atoms with Crippen molar-refractivity contribution in [2.75, 3.05) is 0 Å². The van der Waals surface area contributed by atoms with Crippen molar-refractivity contribution in [1.29, 1.82) is 0 Å². The quantitative estimate of drug-likeness (QED) is 0.496. The van der Waals surface area contributed by atoms with Gasteiger partial charge in [0, 0.05) is 0 Å². The van der Waals surface area contributed by atoms with E-state index in [1.165, 1.54) is 0 Å². The summed E-state index contributed by atoms with van der Waals surface area (Å²) >= 11 is 8.96. The molecule has 5 heteroatoms. The van der Waals surface area contributed by atoms with Gasteiger partial charge in [-0.05, 0) is 47.8 Å². The van der Waals surface area contributed by atoms with Crippen molar-refractivity contribution in [3.63, 3.8) is 0 Å². The van der Waals surface area contributed by atoms with E-state index < -0.39 is 1.88 Å². The van der Waals surface area contributed by atoms with Crippen molar-refractivity contribution < 1.29 is 4.57 Å². The topological polar surface area (TPSA) is 17.1 Å². The summed E-state index contributed by atoms with van der Waals surface area (Å²) in [6, 6.07) is 0. The molecule has 0 aromatic heterocycles. The van der Waals surface area contributed by atoms with E-state index in [-0.39, 0.29) is 8.46 Å².